The van der Waals surface area contributed by atoms with Crippen LogP contribution in [0.25, 0.3) is 11.3 Å². The molecule has 96 valence electrons. The van der Waals surface area contributed by atoms with Gasteiger partial charge >= 0.3 is 0 Å². The van der Waals surface area contributed by atoms with Gasteiger partial charge in [-0.05, 0) is 26.1 Å². The summed E-state index contributed by atoms with van der Waals surface area (Å²) in [5.74, 6) is 1.86. The number of nitrogens with zero attached hydrogens (tertiary/aromatic N) is 2. The fourth-order valence-electron chi connectivity index (χ4n) is 2.08. The fraction of sp³-hybridized carbons (Fsp3) is 0.357. The molecule has 2 rings (SSSR count). The second-order valence-electron chi connectivity index (χ2n) is 4.24. The number of hydrogen-bond acceptors (Lipinski definition) is 3. The molecule has 0 bridgehead atoms. The number of rotatable bonds is 4. The molecule has 0 amide bonds. The van der Waals surface area contributed by atoms with Crippen molar-refractivity contribution < 1.29 is 4.74 Å². The van der Waals surface area contributed by atoms with Crippen LogP contribution in [0, 0.1) is 6.92 Å². The highest BCUT2D eigenvalue weighted by Gasteiger charge is 2.16. The number of ether oxygens (including phenoxy) is 1. The summed E-state index contributed by atoms with van der Waals surface area (Å²) in [6.07, 6.45) is 0. The largest absolute Gasteiger partial charge is 0.496 e. The number of benzene rings is 1. The van der Waals surface area contributed by atoms with E-state index in [-0.39, 0.29) is 0 Å². The lowest BCUT2D eigenvalue weighted by molar-refractivity contribution is 0.416. The zero-order chi connectivity index (χ0) is 13.1. The van der Waals surface area contributed by atoms with Crippen molar-refractivity contribution in [2.75, 3.05) is 14.2 Å². The minimum atomic E-state index is 0.782. The maximum Gasteiger partial charge on any atom is 0.128 e. The Balaban J connectivity index is 2.59. The van der Waals surface area contributed by atoms with Crippen LogP contribution in [0.2, 0.25) is 0 Å². The molecule has 0 aliphatic rings. The zero-order valence-corrected chi connectivity index (χ0v) is 11.3. The van der Waals surface area contributed by atoms with Gasteiger partial charge in [0.1, 0.15) is 11.6 Å². The monoisotopic (exact) mass is 245 g/mol. The topological polar surface area (TPSA) is 39.1 Å². The molecule has 1 aromatic carbocycles. The normalized spacial score (nSPS) is 10.7. The van der Waals surface area contributed by atoms with Crippen LogP contribution in [-0.4, -0.2) is 23.7 Å². The lowest BCUT2D eigenvalue weighted by atomic mass is 10.1. The maximum absolute atomic E-state index is 5.41. The standard InChI is InChI=1S/C14H19N3O/c1-10-16-14(12(9-15-2)17(10)3)11-7-5-6-8-13(11)18-4/h5-8,15H,9H2,1-4H3. The van der Waals surface area contributed by atoms with Gasteiger partial charge in [-0.15, -0.1) is 0 Å². The van der Waals surface area contributed by atoms with E-state index in [1.54, 1.807) is 7.11 Å². The van der Waals surface area contributed by atoms with Gasteiger partial charge < -0.3 is 14.6 Å². The van der Waals surface area contributed by atoms with Crippen LogP contribution in [-0.2, 0) is 13.6 Å². The Morgan fingerprint density at radius 1 is 1.33 bits per heavy atom. The zero-order valence-electron chi connectivity index (χ0n) is 11.3. The van der Waals surface area contributed by atoms with E-state index in [1.807, 2.05) is 45.3 Å². The van der Waals surface area contributed by atoms with Gasteiger partial charge in [0.2, 0.25) is 0 Å². The molecule has 1 heterocycles. The number of imidazole rings is 1. The molecule has 0 saturated heterocycles. The molecular formula is C14H19N3O. The van der Waals surface area contributed by atoms with Gasteiger partial charge in [0.15, 0.2) is 0 Å². The summed E-state index contributed by atoms with van der Waals surface area (Å²) in [6, 6.07) is 7.98. The third-order valence-electron chi connectivity index (χ3n) is 3.14. The van der Waals surface area contributed by atoms with Gasteiger partial charge in [-0.25, -0.2) is 4.98 Å². The van der Waals surface area contributed by atoms with E-state index in [0.29, 0.717) is 0 Å². The smallest absolute Gasteiger partial charge is 0.128 e. The Hall–Kier alpha value is -1.81. The molecule has 2 aromatic rings. The van der Waals surface area contributed by atoms with Crippen LogP contribution in [0.1, 0.15) is 11.5 Å². The van der Waals surface area contributed by atoms with Gasteiger partial charge in [0.05, 0.1) is 18.5 Å². The maximum atomic E-state index is 5.41. The Bertz CT molecular complexity index is 546. The third-order valence-corrected chi connectivity index (χ3v) is 3.14. The number of aryl methyl sites for hydroxylation is 1. The van der Waals surface area contributed by atoms with Gasteiger partial charge in [0.25, 0.3) is 0 Å². The van der Waals surface area contributed by atoms with Crippen LogP contribution in [0.3, 0.4) is 0 Å². The van der Waals surface area contributed by atoms with E-state index in [9.17, 15) is 0 Å². The predicted octanol–water partition coefficient (Wildman–Crippen LogP) is 2.12. The first-order valence-corrected chi connectivity index (χ1v) is 5.99. The summed E-state index contributed by atoms with van der Waals surface area (Å²) in [5.41, 5.74) is 3.19. The lowest BCUT2D eigenvalue weighted by Crippen LogP contribution is -2.10. The SMILES string of the molecule is CNCc1c(-c2ccccc2OC)nc(C)n1C. The molecular weight excluding hydrogens is 226 g/mol. The molecule has 18 heavy (non-hydrogen) atoms. The van der Waals surface area contributed by atoms with E-state index in [0.717, 1.165) is 29.4 Å². The number of aromatic nitrogens is 2. The Labute approximate surface area is 108 Å². The van der Waals surface area contributed by atoms with Gasteiger partial charge in [0, 0.05) is 19.2 Å². The van der Waals surface area contributed by atoms with Crippen LogP contribution in [0.15, 0.2) is 24.3 Å². The molecule has 0 spiro atoms. The van der Waals surface area contributed by atoms with E-state index >= 15 is 0 Å². The summed E-state index contributed by atoms with van der Waals surface area (Å²) in [7, 11) is 5.66. The Morgan fingerprint density at radius 3 is 2.72 bits per heavy atom. The highest BCUT2D eigenvalue weighted by Crippen LogP contribution is 2.31. The van der Waals surface area contributed by atoms with Crippen molar-refractivity contribution in [2.24, 2.45) is 7.05 Å². The van der Waals surface area contributed by atoms with Crippen molar-refractivity contribution >= 4 is 0 Å². The van der Waals surface area contributed by atoms with Crippen LogP contribution < -0.4 is 10.1 Å². The molecule has 4 heteroatoms. The molecule has 0 unspecified atom stereocenters. The van der Waals surface area contributed by atoms with Crippen LogP contribution in [0.5, 0.6) is 5.75 Å². The number of hydrogen-bond donors (Lipinski definition) is 1. The highest BCUT2D eigenvalue weighted by atomic mass is 16.5. The minimum Gasteiger partial charge on any atom is -0.496 e. The van der Waals surface area contributed by atoms with Crippen molar-refractivity contribution in [2.45, 2.75) is 13.5 Å². The van der Waals surface area contributed by atoms with E-state index < -0.39 is 0 Å². The fourth-order valence-corrected chi connectivity index (χ4v) is 2.08. The van der Waals surface area contributed by atoms with E-state index in [1.165, 1.54) is 5.69 Å². The average Bonchev–Trinajstić information content (AvgIpc) is 2.67. The minimum absolute atomic E-state index is 0.782. The first-order valence-electron chi connectivity index (χ1n) is 5.99. The number of para-hydroxylation sites is 1. The molecule has 0 aliphatic heterocycles. The molecule has 1 N–H and O–H groups in total. The average molecular weight is 245 g/mol. The second-order valence-corrected chi connectivity index (χ2v) is 4.24. The molecule has 0 aliphatic carbocycles. The molecule has 0 radical (unpaired) electrons. The summed E-state index contributed by atoms with van der Waals surface area (Å²) in [5, 5.41) is 3.18. The summed E-state index contributed by atoms with van der Waals surface area (Å²) >= 11 is 0. The summed E-state index contributed by atoms with van der Waals surface area (Å²) in [4.78, 5) is 4.65. The van der Waals surface area contributed by atoms with Crippen molar-refractivity contribution in [1.82, 2.24) is 14.9 Å². The Morgan fingerprint density at radius 2 is 2.06 bits per heavy atom. The third kappa shape index (κ3) is 2.11. The predicted molar refractivity (Wildman–Crippen MR) is 72.7 cm³/mol. The van der Waals surface area contributed by atoms with Gasteiger partial charge in [-0.1, -0.05) is 12.1 Å². The van der Waals surface area contributed by atoms with E-state index in [2.05, 4.69) is 14.9 Å². The van der Waals surface area contributed by atoms with E-state index in [4.69, 9.17) is 4.74 Å². The van der Waals surface area contributed by atoms with Crippen molar-refractivity contribution in [3.63, 3.8) is 0 Å². The lowest BCUT2D eigenvalue weighted by Gasteiger charge is -2.09. The van der Waals surface area contributed by atoms with Gasteiger partial charge in [-0.3, -0.25) is 0 Å². The summed E-state index contributed by atoms with van der Waals surface area (Å²) in [6.45, 7) is 2.79. The van der Waals surface area contributed by atoms with Crippen molar-refractivity contribution in [3.8, 4) is 17.0 Å². The highest BCUT2D eigenvalue weighted by molar-refractivity contribution is 5.69. The van der Waals surface area contributed by atoms with Crippen LogP contribution >= 0.6 is 0 Å². The van der Waals surface area contributed by atoms with Gasteiger partial charge in [-0.2, -0.15) is 0 Å². The first-order chi connectivity index (χ1) is 8.69. The summed E-state index contributed by atoms with van der Waals surface area (Å²) < 4.78 is 7.52. The molecule has 0 fully saturated rings. The molecule has 4 nitrogen and oxygen atoms in total. The number of methoxy groups -OCH3 is 1. The molecule has 1 aromatic heterocycles. The second kappa shape index (κ2) is 5.23. The van der Waals surface area contributed by atoms with Crippen LogP contribution in [0.4, 0.5) is 0 Å². The number of nitrogens with one attached hydrogen (secondary N) is 1. The quantitative estimate of drug-likeness (QED) is 0.896. The molecule has 0 saturated carbocycles. The van der Waals surface area contributed by atoms with Crippen molar-refractivity contribution in [1.29, 1.82) is 0 Å². The van der Waals surface area contributed by atoms with Crippen molar-refractivity contribution in [3.05, 3.63) is 35.8 Å². The molecule has 0 atom stereocenters. The first kappa shape index (κ1) is 12.6. The Kier molecular flexibility index (Phi) is 3.67.